The number of nitrogens with zero attached hydrogens (tertiary/aromatic N) is 1. The lowest BCUT2D eigenvalue weighted by atomic mass is 10.00. The zero-order chi connectivity index (χ0) is 19.1. The van der Waals surface area contributed by atoms with Gasteiger partial charge >= 0.3 is 5.97 Å². The van der Waals surface area contributed by atoms with Gasteiger partial charge in [-0.15, -0.1) is 0 Å². The number of aromatic nitrogens is 1. The van der Waals surface area contributed by atoms with Crippen molar-refractivity contribution < 1.29 is 9.53 Å². The molecule has 0 N–H and O–H groups in total. The Balaban J connectivity index is 1.72. The van der Waals surface area contributed by atoms with E-state index in [0.717, 1.165) is 38.1 Å². The van der Waals surface area contributed by atoms with E-state index in [1.54, 1.807) is 0 Å². The third kappa shape index (κ3) is 2.55. The first-order chi connectivity index (χ1) is 13.7. The number of carbonyl (C=O) groups excluding carboxylic acids is 1. The highest BCUT2D eigenvalue weighted by Gasteiger charge is 2.20. The van der Waals surface area contributed by atoms with E-state index in [2.05, 4.69) is 22.8 Å². The number of carbonyl (C=O) groups is 1. The van der Waals surface area contributed by atoms with E-state index in [1.165, 1.54) is 0 Å². The summed E-state index contributed by atoms with van der Waals surface area (Å²) in [7, 11) is 2.01. The summed E-state index contributed by atoms with van der Waals surface area (Å²) in [6.07, 6.45) is 0. The molecule has 0 atom stereocenters. The molecule has 0 saturated heterocycles. The van der Waals surface area contributed by atoms with Crippen LogP contribution in [0.5, 0.6) is 0 Å². The van der Waals surface area contributed by atoms with Gasteiger partial charge in [0.1, 0.15) is 6.61 Å². The average Bonchev–Trinajstić information content (AvgIpc) is 3.05. The molecule has 28 heavy (non-hydrogen) atoms. The van der Waals surface area contributed by atoms with Gasteiger partial charge in [0.15, 0.2) is 0 Å². The molecule has 0 aliphatic carbocycles. The van der Waals surface area contributed by atoms with Crippen LogP contribution in [0.4, 0.5) is 0 Å². The molecule has 3 heteroatoms. The summed E-state index contributed by atoms with van der Waals surface area (Å²) in [6, 6.07) is 28.2. The first kappa shape index (κ1) is 16.6. The highest BCUT2D eigenvalue weighted by molar-refractivity contribution is 6.25. The van der Waals surface area contributed by atoms with Crippen LogP contribution in [-0.2, 0) is 18.4 Å². The Morgan fingerprint density at radius 2 is 1.54 bits per heavy atom. The van der Waals surface area contributed by atoms with E-state index in [1.807, 2.05) is 73.8 Å². The summed E-state index contributed by atoms with van der Waals surface area (Å²) in [5.41, 5.74) is 3.59. The summed E-state index contributed by atoms with van der Waals surface area (Å²) < 4.78 is 7.76. The summed E-state index contributed by atoms with van der Waals surface area (Å²) in [5, 5.41) is 4.43. The van der Waals surface area contributed by atoms with Gasteiger partial charge in [0.25, 0.3) is 0 Å². The van der Waals surface area contributed by atoms with Gasteiger partial charge in [0.05, 0.1) is 11.1 Å². The second-order valence-corrected chi connectivity index (χ2v) is 7.01. The Labute approximate surface area is 162 Å². The largest absolute Gasteiger partial charge is 0.457 e. The number of hydrogen-bond donors (Lipinski definition) is 0. The van der Waals surface area contributed by atoms with E-state index >= 15 is 0 Å². The van der Waals surface area contributed by atoms with Crippen molar-refractivity contribution in [3.05, 3.63) is 96.1 Å². The van der Waals surface area contributed by atoms with E-state index in [4.69, 9.17) is 4.74 Å². The van der Waals surface area contributed by atoms with Crippen molar-refractivity contribution in [3.8, 4) is 0 Å². The normalized spacial score (nSPS) is 11.3. The monoisotopic (exact) mass is 365 g/mol. The van der Waals surface area contributed by atoms with Crippen molar-refractivity contribution in [3.63, 3.8) is 0 Å². The first-order valence-electron chi connectivity index (χ1n) is 9.34. The molecular formula is C25H19NO2. The fourth-order valence-corrected chi connectivity index (χ4v) is 4.01. The van der Waals surface area contributed by atoms with Crippen molar-refractivity contribution in [2.75, 3.05) is 0 Å². The minimum Gasteiger partial charge on any atom is -0.457 e. The summed E-state index contributed by atoms with van der Waals surface area (Å²) in [4.78, 5) is 13.1. The number of para-hydroxylation sites is 1. The van der Waals surface area contributed by atoms with Crippen molar-refractivity contribution in [1.82, 2.24) is 4.57 Å². The third-order valence-electron chi connectivity index (χ3n) is 5.32. The maximum Gasteiger partial charge on any atom is 0.340 e. The summed E-state index contributed by atoms with van der Waals surface area (Å²) >= 11 is 0. The molecule has 4 aromatic carbocycles. The molecule has 3 nitrogen and oxygen atoms in total. The van der Waals surface area contributed by atoms with Crippen molar-refractivity contribution in [1.29, 1.82) is 0 Å². The Bertz CT molecular complexity index is 1330. The standard InChI is InChI=1S/C25H19NO2/c1-26-22-14-8-7-13-20(22)23-19-12-6-5-11-18(19)15-21(24(23)26)25(27)28-16-17-9-3-2-4-10-17/h2-15H,16H2,1H3. The Morgan fingerprint density at radius 1 is 0.857 bits per heavy atom. The van der Waals surface area contributed by atoms with Gasteiger partial charge in [-0.05, 0) is 28.5 Å². The van der Waals surface area contributed by atoms with Crippen LogP contribution in [0.3, 0.4) is 0 Å². The van der Waals surface area contributed by atoms with Crippen LogP contribution in [0.1, 0.15) is 15.9 Å². The van der Waals surface area contributed by atoms with Crippen LogP contribution < -0.4 is 0 Å². The lowest BCUT2D eigenvalue weighted by Crippen LogP contribution is -2.07. The van der Waals surface area contributed by atoms with Crippen LogP contribution in [0, 0.1) is 0 Å². The smallest absolute Gasteiger partial charge is 0.340 e. The second-order valence-electron chi connectivity index (χ2n) is 7.01. The van der Waals surface area contributed by atoms with Crippen LogP contribution >= 0.6 is 0 Å². The number of aryl methyl sites for hydroxylation is 1. The molecule has 0 unspecified atom stereocenters. The summed E-state index contributed by atoms with van der Waals surface area (Å²) in [5.74, 6) is -0.300. The van der Waals surface area contributed by atoms with Crippen LogP contribution in [-0.4, -0.2) is 10.5 Å². The molecule has 1 heterocycles. The number of rotatable bonds is 3. The molecule has 5 aromatic rings. The molecule has 0 spiro atoms. The minimum absolute atomic E-state index is 0.262. The van der Waals surface area contributed by atoms with Gasteiger partial charge < -0.3 is 9.30 Å². The zero-order valence-electron chi connectivity index (χ0n) is 15.6. The molecule has 0 amide bonds. The van der Waals surface area contributed by atoms with E-state index in [0.29, 0.717) is 5.56 Å². The van der Waals surface area contributed by atoms with E-state index in [9.17, 15) is 4.79 Å². The van der Waals surface area contributed by atoms with Crippen molar-refractivity contribution >= 4 is 38.5 Å². The van der Waals surface area contributed by atoms with E-state index < -0.39 is 0 Å². The van der Waals surface area contributed by atoms with Crippen molar-refractivity contribution in [2.45, 2.75) is 6.61 Å². The number of hydrogen-bond acceptors (Lipinski definition) is 2. The zero-order valence-corrected chi connectivity index (χ0v) is 15.6. The SMILES string of the molecule is Cn1c2ccccc2c2c3ccccc3cc(C(=O)OCc3ccccc3)c21. The summed E-state index contributed by atoms with van der Waals surface area (Å²) in [6.45, 7) is 0.262. The molecule has 136 valence electrons. The lowest BCUT2D eigenvalue weighted by Gasteiger charge is -2.10. The van der Waals surface area contributed by atoms with Gasteiger partial charge in [-0.2, -0.15) is 0 Å². The molecule has 0 saturated carbocycles. The molecule has 0 radical (unpaired) electrons. The lowest BCUT2D eigenvalue weighted by molar-refractivity contribution is 0.0475. The Morgan fingerprint density at radius 3 is 2.36 bits per heavy atom. The van der Waals surface area contributed by atoms with Gasteiger partial charge in [-0.1, -0.05) is 72.8 Å². The highest BCUT2D eigenvalue weighted by atomic mass is 16.5. The maximum atomic E-state index is 13.1. The molecule has 5 rings (SSSR count). The number of ether oxygens (including phenoxy) is 1. The van der Waals surface area contributed by atoms with E-state index in [-0.39, 0.29) is 12.6 Å². The van der Waals surface area contributed by atoms with Gasteiger partial charge in [-0.25, -0.2) is 4.79 Å². The fourth-order valence-electron chi connectivity index (χ4n) is 4.01. The van der Waals surface area contributed by atoms with Gasteiger partial charge in [0.2, 0.25) is 0 Å². The molecular weight excluding hydrogens is 346 g/mol. The van der Waals surface area contributed by atoms with Gasteiger partial charge in [-0.3, -0.25) is 0 Å². The van der Waals surface area contributed by atoms with Crippen LogP contribution in [0.2, 0.25) is 0 Å². The number of esters is 1. The molecule has 0 fully saturated rings. The van der Waals surface area contributed by atoms with Gasteiger partial charge in [0, 0.05) is 23.3 Å². The fraction of sp³-hybridized carbons (Fsp3) is 0.0800. The average molecular weight is 365 g/mol. The number of fused-ring (bicyclic) bond motifs is 5. The molecule has 0 aliphatic rings. The maximum absolute atomic E-state index is 13.1. The Kier molecular flexibility index (Phi) is 3.87. The van der Waals surface area contributed by atoms with Crippen LogP contribution in [0.25, 0.3) is 32.6 Å². The van der Waals surface area contributed by atoms with Crippen molar-refractivity contribution in [2.24, 2.45) is 7.05 Å². The highest BCUT2D eigenvalue weighted by Crippen LogP contribution is 2.36. The first-order valence-corrected chi connectivity index (χ1v) is 9.34. The third-order valence-corrected chi connectivity index (χ3v) is 5.32. The Hall–Kier alpha value is -3.59. The van der Waals surface area contributed by atoms with Crippen LogP contribution in [0.15, 0.2) is 84.9 Å². The minimum atomic E-state index is -0.300. The predicted octanol–water partition coefficient (Wildman–Crippen LogP) is 5.84. The quantitative estimate of drug-likeness (QED) is 0.376. The topological polar surface area (TPSA) is 31.2 Å². The molecule has 0 aliphatic heterocycles. The molecule has 0 bridgehead atoms. The second kappa shape index (κ2) is 6.54. The molecule has 1 aromatic heterocycles. The predicted molar refractivity (Wildman–Crippen MR) is 113 cm³/mol. The number of benzene rings is 4.